The minimum atomic E-state index is -0.633. The van der Waals surface area contributed by atoms with Gasteiger partial charge in [-0.1, -0.05) is 0 Å². The van der Waals surface area contributed by atoms with Gasteiger partial charge in [-0.3, -0.25) is 0 Å². The van der Waals surface area contributed by atoms with Gasteiger partial charge in [-0.2, -0.15) is 0 Å². The average Bonchev–Trinajstić information content (AvgIpc) is 1.38. The monoisotopic (exact) mass is 288 g/mol. The second-order valence-corrected chi connectivity index (χ2v) is 5.95. The van der Waals surface area contributed by atoms with E-state index in [1.165, 1.54) is 0 Å². The average molecular weight is 289 g/mol. The quantitative estimate of drug-likeness (QED) is 0.628. The summed E-state index contributed by atoms with van der Waals surface area (Å²) in [6.45, 7) is 0. The van der Waals surface area contributed by atoms with Gasteiger partial charge in [0.25, 0.3) is 0 Å². The van der Waals surface area contributed by atoms with Crippen LogP contribution < -0.4 is 0 Å². The summed E-state index contributed by atoms with van der Waals surface area (Å²) in [6, 6.07) is 0. The van der Waals surface area contributed by atoms with E-state index in [2.05, 4.69) is 2.84 Å². The topological polar surface area (TPSA) is 3.24 Å². The van der Waals surface area contributed by atoms with E-state index in [1.54, 1.807) is 0 Å². The Morgan fingerprint density at radius 3 is 1.80 bits per heavy atom. The first kappa shape index (κ1) is 6.13. The fourth-order valence-corrected chi connectivity index (χ4v) is 0. The maximum absolute atomic E-state index is 5.44. The summed E-state index contributed by atoms with van der Waals surface area (Å²) in [5.41, 5.74) is 0. The molecule has 3 heteroatoms. The Morgan fingerprint density at radius 2 is 1.80 bits per heavy atom. The molecule has 0 saturated carbocycles. The van der Waals surface area contributed by atoms with Crippen molar-refractivity contribution >= 4 is 30.8 Å². The van der Waals surface area contributed by atoms with Crippen molar-refractivity contribution < 1.29 is 0 Å². The summed E-state index contributed by atoms with van der Waals surface area (Å²) in [7, 11) is 9.45. The van der Waals surface area contributed by atoms with Gasteiger partial charge in [-0.15, -0.1) is 0 Å². The van der Waals surface area contributed by atoms with E-state index in [9.17, 15) is 0 Å². The molecule has 0 N–H and O–H groups in total. The standard InChI is InChI=1S/C2H6N.Bi.ClH/c1-3-2;;/h1-2H3;;1H/q-1;+2;/p-1. The predicted molar refractivity (Wildman–Crippen MR) is 25.3 cm³/mol. The van der Waals surface area contributed by atoms with E-state index >= 15 is 0 Å². The van der Waals surface area contributed by atoms with Crippen molar-refractivity contribution in [3.63, 3.8) is 0 Å². The molecule has 1 nitrogen and oxygen atoms in total. The molecule has 0 unspecified atom stereocenters. The predicted octanol–water partition coefficient (Wildman–Crippen LogP) is 0.321. The van der Waals surface area contributed by atoms with E-state index in [-0.39, 0.29) is 0 Å². The molecule has 1 radical (unpaired) electrons. The van der Waals surface area contributed by atoms with Crippen LogP contribution in [0, 0.1) is 0 Å². The molecule has 0 aliphatic heterocycles. The second kappa shape index (κ2) is 3.33. The Labute approximate surface area is 47.8 Å². The summed E-state index contributed by atoms with van der Waals surface area (Å²) in [6.07, 6.45) is 0. The van der Waals surface area contributed by atoms with Crippen molar-refractivity contribution in [2.24, 2.45) is 0 Å². The van der Waals surface area contributed by atoms with Crippen molar-refractivity contribution in [1.82, 2.24) is 2.84 Å². The zero-order chi connectivity index (χ0) is 4.28. The van der Waals surface area contributed by atoms with Crippen molar-refractivity contribution in [3.05, 3.63) is 0 Å². The van der Waals surface area contributed by atoms with Crippen molar-refractivity contribution in [1.29, 1.82) is 0 Å². The first-order valence-corrected chi connectivity index (χ1v) is 7.10. The van der Waals surface area contributed by atoms with Crippen LogP contribution >= 0.6 is 8.51 Å². The van der Waals surface area contributed by atoms with Gasteiger partial charge in [-0.05, 0) is 0 Å². The van der Waals surface area contributed by atoms with E-state index < -0.39 is 22.3 Å². The van der Waals surface area contributed by atoms with Gasteiger partial charge in [0.05, 0.1) is 0 Å². The molecule has 0 atom stereocenters. The Balaban J connectivity index is 2.54. The fraction of sp³-hybridized carbons (Fsp3) is 1.00. The third-order valence-corrected chi connectivity index (χ3v) is 3.98. The van der Waals surface area contributed by atoms with Crippen LogP contribution in [0.1, 0.15) is 0 Å². The van der Waals surface area contributed by atoms with Gasteiger partial charge in [-0.25, -0.2) is 0 Å². The number of hydrogen-bond acceptors (Lipinski definition) is 1. The van der Waals surface area contributed by atoms with Gasteiger partial charge in [0.15, 0.2) is 0 Å². The molecule has 0 spiro atoms. The minimum absolute atomic E-state index is 0.633. The van der Waals surface area contributed by atoms with Crippen LogP contribution in [0.15, 0.2) is 0 Å². The Bertz CT molecular complexity index is 23.6. The van der Waals surface area contributed by atoms with Crippen LogP contribution in [0.5, 0.6) is 0 Å². The van der Waals surface area contributed by atoms with Gasteiger partial charge in [0, 0.05) is 0 Å². The molecule has 0 aromatic rings. The van der Waals surface area contributed by atoms with Gasteiger partial charge >= 0.3 is 47.8 Å². The summed E-state index contributed by atoms with van der Waals surface area (Å²) in [5.74, 6) is 0. The summed E-state index contributed by atoms with van der Waals surface area (Å²) < 4.78 is 2.07. The molecule has 0 aromatic heterocycles. The van der Waals surface area contributed by atoms with Crippen LogP contribution in [0.4, 0.5) is 0 Å². The first-order chi connectivity index (χ1) is 2.27. The first-order valence-electron chi connectivity index (χ1n) is 1.26. The number of nitrogens with zero attached hydrogens (tertiary/aromatic N) is 1. The molecular formula is C2H6BiClN. The zero-order valence-corrected chi connectivity index (χ0v) is 7.51. The molecular weight excluding hydrogens is 282 g/mol. The fourth-order valence-electron chi connectivity index (χ4n) is 0. The van der Waals surface area contributed by atoms with Crippen LogP contribution in [-0.4, -0.2) is 39.3 Å². The third-order valence-electron chi connectivity index (χ3n) is 0.151. The van der Waals surface area contributed by atoms with E-state index in [0.29, 0.717) is 0 Å². The Kier molecular flexibility index (Phi) is 4.08. The summed E-state index contributed by atoms with van der Waals surface area (Å²) in [4.78, 5) is 0. The Hall–Kier alpha value is 1.13. The molecule has 31 valence electrons. The molecule has 0 bridgehead atoms. The molecule has 0 saturated heterocycles. The van der Waals surface area contributed by atoms with Crippen molar-refractivity contribution in [3.8, 4) is 0 Å². The van der Waals surface area contributed by atoms with E-state index in [0.717, 1.165) is 0 Å². The molecule has 0 fully saturated rings. The molecule has 0 aromatic carbocycles. The number of hydrogen-bond donors (Lipinski definition) is 0. The SMILES string of the molecule is C[N](C)[Bi][Cl]. The Morgan fingerprint density at radius 1 is 1.60 bits per heavy atom. The van der Waals surface area contributed by atoms with E-state index in [1.807, 2.05) is 14.1 Å². The van der Waals surface area contributed by atoms with Crippen LogP contribution in [-0.2, 0) is 0 Å². The molecule has 5 heavy (non-hydrogen) atoms. The van der Waals surface area contributed by atoms with Gasteiger partial charge < -0.3 is 0 Å². The van der Waals surface area contributed by atoms with E-state index in [4.69, 9.17) is 8.51 Å². The van der Waals surface area contributed by atoms with Crippen LogP contribution in [0.2, 0.25) is 0 Å². The van der Waals surface area contributed by atoms with Crippen LogP contribution in [0.25, 0.3) is 0 Å². The number of rotatable bonds is 1. The van der Waals surface area contributed by atoms with Crippen LogP contribution in [0.3, 0.4) is 0 Å². The zero-order valence-electron chi connectivity index (χ0n) is 3.27. The van der Waals surface area contributed by atoms with Gasteiger partial charge in [0.1, 0.15) is 0 Å². The maximum atomic E-state index is 5.44. The normalized spacial score (nSPS) is 9.60. The summed E-state index contributed by atoms with van der Waals surface area (Å²) >= 11 is -0.633. The molecule has 0 aliphatic carbocycles. The van der Waals surface area contributed by atoms with Crippen molar-refractivity contribution in [2.45, 2.75) is 0 Å². The van der Waals surface area contributed by atoms with Crippen molar-refractivity contribution in [2.75, 3.05) is 14.1 Å². The molecule has 0 rings (SSSR count). The molecule has 0 aliphatic rings. The molecule has 0 heterocycles. The summed E-state index contributed by atoms with van der Waals surface area (Å²) in [5, 5.41) is 0. The third kappa shape index (κ3) is 5.13. The number of halogens is 1. The second-order valence-electron chi connectivity index (χ2n) is 0.923. The van der Waals surface area contributed by atoms with Gasteiger partial charge in [0.2, 0.25) is 0 Å². The molecule has 0 amide bonds.